The minimum Gasteiger partial charge on any atom is -0.399 e. The Morgan fingerprint density at radius 1 is 1.18 bits per heavy atom. The molecule has 1 saturated carbocycles. The second kappa shape index (κ2) is 1.97. The van der Waals surface area contributed by atoms with Crippen LogP contribution in [0.4, 0.5) is 10.1 Å². The van der Waals surface area contributed by atoms with E-state index < -0.39 is 5.67 Å². The number of nitrogens with two attached hydrogens (primary N) is 1. The van der Waals surface area contributed by atoms with Gasteiger partial charge in [-0.25, -0.2) is 4.39 Å². The van der Waals surface area contributed by atoms with Gasteiger partial charge in [0.2, 0.25) is 0 Å². The molecular formula is C9H10FN. The maximum Gasteiger partial charge on any atom is 0.136 e. The Labute approximate surface area is 65.0 Å². The predicted molar refractivity (Wildman–Crippen MR) is 42.9 cm³/mol. The SMILES string of the molecule is Nc1ccc(C2(F)CC2)cc1. The van der Waals surface area contributed by atoms with Crippen molar-refractivity contribution in [1.82, 2.24) is 0 Å². The van der Waals surface area contributed by atoms with Gasteiger partial charge in [-0.2, -0.15) is 0 Å². The van der Waals surface area contributed by atoms with Crippen LogP contribution >= 0.6 is 0 Å². The summed E-state index contributed by atoms with van der Waals surface area (Å²) in [6, 6.07) is 7.02. The Kier molecular flexibility index (Phi) is 1.19. The Balaban J connectivity index is 2.33. The molecular weight excluding hydrogens is 141 g/mol. The Morgan fingerprint density at radius 2 is 1.73 bits per heavy atom. The quantitative estimate of drug-likeness (QED) is 0.612. The van der Waals surface area contributed by atoms with Crippen LogP contribution in [0.3, 0.4) is 0 Å². The minimum atomic E-state index is -1.02. The van der Waals surface area contributed by atoms with Gasteiger partial charge in [-0.1, -0.05) is 12.1 Å². The number of hydrogen-bond donors (Lipinski definition) is 1. The molecule has 1 nitrogen and oxygen atoms in total. The summed E-state index contributed by atoms with van der Waals surface area (Å²) >= 11 is 0. The van der Waals surface area contributed by atoms with Crippen molar-refractivity contribution in [2.24, 2.45) is 0 Å². The molecule has 2 N–H and O–H groups in total. The van der Waals surface area contributed by atoms with Gasteiger partial charge in [-0.05, 0) is 30.5 Å². The highest BCUT2D eigenvalue weighted by Gasteiger charge is 2.44. The molecule has 1 aliphatic rings. The Bertz CT molecular complexity index is 261. The summed E-state index contributed by atoms with van der Waals surface area (Å²) in [5.74, 6) is 0. The Hall–Kier alpha value is -1.05. The molecule has 0 radical (unpaired) electrons. The van der Waals surface area contributed by atoms with Crippen LogP contribution in [0.2, 0.25) is 0 Å². The van der Waals surface area contributed by atoms with Crippen LogP contribution in [0.1, 0.15) is 18.4 Å². The van der Waals surface area contributed by atoms with Gasteiger partial charge >= 0.3 is 0 Å². The van der Waals surface area contributed by atoms with Gasteiger partial charge in [0.15, 0.2) is 0 Å². The third-order valence-electron chi connectivity index (χ3n) is 2.12. The third kappa shape index (κ3) is 1.09. The van der Waals surface area contributed by atoms with E-state index in [0.717, 1.165) is 5.56 Å². The van der Waals surface area contributed by atoms with E-state index in [2.05, 4.69) is 0 Å². The van der Waals surface area contributed by atoms with E-state index in [1.54, 1.807) is 24.3 Å². The maximum absolute atomic E-state index is 13.3. The smallest absolute Gasteiger partial charge is 0.136 e. The number of rotatable bonds is 1. The lowest BCUT2D eigenvalue weighted by molar-refractivity contribution is 0.317. The normalized spacial score (nSPS) is 19.7. The lowest BCUT2D eigenvalue weighted by atomic mass is 10.1. The largest absolute Gasteiger partial charge is 0.399 e. The fraction of sp³-hybridized carbons (Fsp3) is 0.333. The standard InChI is InChI=1S/C9H10FN/c10-9(5-6-9)7-1-3-8(11)4-2-7/h1-4H,5-6,11H2. The molecule has 0 saturated heterocycles. The van der Waals surface area contributed by atoms with Crippen LogP contribution < -0.4 is 5.73 Å². The van der Waals surface area contributed by atoms with Gasteiger partial charge < -0.3 is 5.73 Å². The molecule has 58 valence electrons. The van der Waals surface area contributed by atoms with Crippen LogP contribution in [-0.2, 0) is 5.67 Å². The van der Waals surface area contributed by atoms with Gasteiger partial charge in [0, 0.05) is 5.69 Å². The summed E-state index contributed by atoms with van der Waals surface area (Å²) in [5, 5.41) is 0. The summed E-state index contributed by atoms with van der Waals surface area (Å²) < 4.78 is 13.3. The summed E-state index contributed by atoms with van der Waals surface area (Å²) in [7, 11) is 0. The van der Waals surface area contributed by atoms with Crippen molar-refractivity contribution in [3.63, 3.8) is 0 Å². The van der Waals surface area contributed by atoms with E-state index in [0.29, 0.717) is 18.5 Å². The summed E-state index contributed by atoms with van der Waals surface area (Å²) in [6.07, 6.45) is 1.33. The number of nitrogen functional groups attached to an aromatic ring is 1. The molecule has 1 aromatic rings. The van der Waals surface area contributed by atoms with E-state index >= 15 is 0 Å². The van der Waals surface area contributed by atoms with Crippen molar-refractivity contribution in [1.29, 1.82) is 0 Å². The molecule has 0 unspecified atom stereocenters. The van der Waals surface area contributed by atoms with E-state index in [4.69, 9.17) is 5.73 Å². The molecule has 1 fully saturated rings. The first-order valence-corrected chi connectivity index (χ1v) is 3.76. The molecule has 1 aromatic carbocycles. The number of halogens is 1. The zero-order valence-corrected chi connectivity index (χ0v) is 6.18. The summed E-state index contributed by atoms with van der Waals surface area (Å²) in [4.78, 5) is 0. The van der Waals surface area contributed by atoms with Gasteiger partial charge in [0.25, 0.3) is 0 Å². The van der Waals surface area contributed by atoms with Crippen molar-refractivity contribution in [2.45, 2.75) is 18.5 Å². The topological polar surface area (TPSA) is 26.0 Å². The van der Waals surface area contributed by atoms with Crippen LogP contribution in [0.25, 0.3) is 0 Å². The lowest BCUT2D eigenvalue weighted by Crippen LogP contribution is -1.97. The average molecular weight is 151 g/mol. The average Bonchev–Trinajstić information content (AvgIpc) is 2.70. The van der Waals surface area contributed by atoms with Crippen LogP contribution in [-0.4, -0.2) is 0 Å². The molecule has 0 amide bonds. The highest BCUT2D eigenvalue weighted by Crippen LogP contribution is 2.49. The van der Waals surface area contributed by atoms with Crippen molar-refractivity contribution in [2.75, 3.05) is 5.73 Å². The highest BCUT2D eigenvalue weighted by molar-refractivity contribution is 5.42. The lowest BCUT2D eigenvalue weighted by Gasteiger charge is -2.03. The first-order valence-electron chi connectivity index (χ1n) is 3.76. The number of benzene rings is 1. The first-order chi connectivity index (χ1) is 5.21. The van der Waals surface area contributed by atoms with Crippen molar-refractivity contribution >= 4 is 5.69 Å². The second-order valence-corrected chi connectivity index (χ2v) is 3.09. The Morgan fingerprint density at radius 3 is 2.18 bits per heavy atom. The van der Waals surface area contributed by atoms with Gasteiger partial charge in [0.1, 0.15) is 5.67 Å². The first kappa shape index (κ1) is 6.65. The minimum absolute atomic E-state index is 0.664. The highest BCUT2D eigenvalue weighted by atomic mass is 19.1. The van der Waals surface area contributed by atoms with Gasteiger partial charge in [0.05, 0.1) is 0 Å². The van der Waals surface area contributed by atoms with Gasteiger partial charge in [-0.15, -0.1) is 0 Å². The molecule has 11 heavy (non-hydrogen) atoms. The zero-order chi connectivity index (χ0) is 7.90. The molecule has 0 spiro atoms. The van der Waals surface area contributed by atoms with E-state index in [9.17, 15) is 4.39 Å². The summed E-state index contributed by atoms with van der Waals surface area (Å²) in [5.41, 5.74) is 5.91. The van der Waals surface area contributed by atoms with Crippen LogP contribution in [0.15, 0.2) is 24.3 Å². The van der Waals surface area contributed by atoms with Crippen LogP contribution in [0.5, 0.6) is 0 Å². The molecule has 0 aliphatic heterocycles. The molecule has 1 aliphatic carbocycles. The van der Waals surface area contributed by atoms with Crippen molar-refractivity contribution in [3.8, 4) is 0 Å². The zero-order valence-electron chi connectivity index (χ0n) is 6.18. The molecule has 0 bridgehead atoms. The number of anilines is 1. The van der Waals surface area contributed by atoms with E-state index in [-0.39, 0.29) is 0 Å². The maximum atomic E-state index is 13.3. The molecule has 0 atom stereocenters. The monoisotopic (exact) mass is 151 g/mol. The van der Waals surface area contributed by atoms with E-state index in [1.807, 2.05) is 0 Å². The van der Waals surface area contributed by atoms with Crippen molar-refractivity contribution in [3.05, 3.63) is 29.8 Å². The fourth-order valence-electron chi connectivity index (χ4n) is 1.18. The molecule has 2 heteroatoms. The number of hydrogen-bond acceptors (Lipinski definition) is 1. The molecule has 0 aromatic heterocycles. The van der Waals surface area contributed by atoms with Crippen LogP contribution in [0, 0.1) is 0 Å². The molecule has 2 rings (SSSR count). The van der Waals surface area contributed by atoms with Crippen molar-refractivity contribution < 1.29 is 4.39 Å². The van der Waals surface area contributed by atoms with E-state index in [1.165, 1.54) is 0 Å². The third-order valence-corrected chi connectivity index (χ3v) is 2.12. The second-order valence-electron chi connectivity index (χ2n) is 3.09. The fourth-order valence-corrected chi connectivity index (χ4v) is 1.18. The molecule has 0 heterocycles. The number of alkyl halides is 1. The summed E-state index contributed by atoms with van der Waals surface area (Å²) in [6.45, 7) is 0. The van der Waals surface area contributed by atoms with Gasteiger partial charge in [-0.3, -0.25) is 0 Å². The predicted octanol–water partition coefficient (Wildman–Crippen LogP) is 2.23.